The number of hydrogen-bond donors (Lipinski definition) is 1. The molecule has 1 atom stereocenters. The molecular formula is C26H31FN4O3. The quantitative estimate of drug-likeness (QED) is 0.730. The number of rotatable bonds is 5. The van der Waals surface area contributed by atoms with E-state index in [-0.39, 0.29) is 12.4 Å². The van der Waals surface area contributed by atoms with Gasteiger partial charge in [-0.2, -0.15) is 0 Å². The molecule has 2 aromatic rings. The van der Waals surface area contributed by atoms with Crippen LogP contribution in [0.4, 0.5) is 10.1 Å². The fraction of sp³-hybridized carbons (Fsp3) is 0.423. The summed E-state index contributed by atoms with van der Waals surface area (Å²) in [6, 6.07) is 12.3. The number of hydrogen-bond acceptors (Lipinski definition) is 7. The average Bonchev–Trinajstić information content (AvgIpc) is 3.26. The lowest BCUT2D eigenvalue weighted by atomic mass is 9.94. The fourth-order valence-corrected chi connectivity index (χ4v) is 5.00. The van der Waals surface area contributed by atoms with E-state index in [0.29, 0.717) is 17.9 Å². The second-order valence-corrected chi connectivity index (χ2v) is 9.10. The lowest BCUT2D eigenvalue weighted by Gasteiger charge is -2.38. The Bertz CT molecular complexity index is 1100. The van der Waals surface area contributed by atoms with E-state index < -0.39 is 5.72 Å². The van der Waals surface area contributed by atoms with Crippen molar-refractivity contribution in [1.29, 1.82) is 0 Å². The fourth-order valence-electron chi connectivity index (χ4n) is 5.00. The van der Waals surface area contributed by atoms with Gasteiger partial charge in [0, 0.05) is 38.3 Å². The van der Waals surface area contributed by atoms with Gasteiger partial charge in [-0.1, -0.05) is 11.2 Å². The molecule has 8 heteroatoms. The van der Waals surface area contributed by atoms with Crippen LogP contribution in [0.1, 0.15) is 24.0 Å². The molecule has 2 saturated heterocycles. The van der Waals surface area contributed by atoms with E-state index in [1.54, 1.807) is 19.2 Å². The number of ether oxygens (including phenoxy) is 1. The number of methoxy groups -OCH3 is 1. The van der Waals surface area contributed by atoms with E-state index in [1.165, 1.54) is 12.1 Å². The lowest BCUT2D eigenvalue weighted by Crippen LogP contribution is -2.51. The molecule has 2 fully saturated rings. The molecule has 1 N–H and O–H groups in total. The minimum absolute atomic E-state index is 0.285. The van der Waals surface area contributed by atoms with Gasteiger partial charge in [0.2, 0.25) is 0 Å². The highest BCUT2D eigenvalue weighted by molar-refractivity contribution is 6.03. The maximum atomic E-state index is 13.5. The monoisotopic (exact) mass is 466 g/mol. The number of benzene rings is 2. The first-order valence-corrected chi connectivity index (χ1v) is 11.8. The van der Waals surface area contributed by atoms with Gasteiger partial charge in [-0.15, -0.1) is 0 Å². The van der Waals surface area contributed by atoms with E-state index in [2.05, 4.69) is 46.3 Å². The van der Waals surface area contributed by atoms with Gasteiger partial charge >= 0.3 is 0 Å². The van der Waals surface area contributed by atoms with Crippen LogP contribution in [-0.2, 0) is 10.6 Å². The molecular weight excluding hydrogens is 435 g/mol. The van der Waals surface area contributed by atoms with Gasteiger partial charge in [0.15, 0.2) is 5.84 Å². The summed E-state index contributed by atoms with van der Waals surface area (Å²) in [5.41, 5.74) is 2.72. The van der Waals surface area contributed by atoms with Gasteiger partial charge in [-0.3, -0.25) is 0 Å². The number of amidine groups is 1. The van der Waals surface area contributed by atoms with Crippen molar-refractivity contribution in [3.8, 4) is 5.75 Å². The van der Waals surface area contributed by atoms with Gasteiger partial charge in [-0.25, -0.2) is 4.39 Å². The van der Waals surface area contributed by atoms with Crippen molar-refractivity contribution < 1.29 is 19.1 Å². The third kappa shape index (κ3) is 4.01. The molecule has 34 heavy (non-hydrogen) atoms. The third-order valence-corrected chi connectivity index (χ3v) is 6.99. The Morgan fingerprint density at radius 2 is 1.88 bits per heavy atom. The van der Waals surface area contributed by atoms with Crippen LogP contribution in [0.2, 0.25) is 0 Å². The molecule has 7 nitrogen and oxygen atoms in total. The summed E-state index contributed by atoms with van der Waals surface area (Å²) in [6.07, 6.45) is 3.86. The normalized spacial score (nSPS) is 24.1. The zero-order valence-electron chi connectivity index (χ0n) is 19.7. The first-order valence-electron chi connectivity index (χ1n) is 11.8. The van der Waals surface area contributed by atoms with Crippen molar-refractivity contribution in [2.24, 2.45) is 5.16 Å². The van der Waals surface area contributed by atoms with E-state index >= 15 is 0 Å². The van der Waals surface area contributed by atoms with Crippen molar-refractivity contribution >= 4 is 17.6 Å². The molecule has 180 valence electrons. The maximum Gasteiger partial charge on any atom is 0.260 e. The lowest BCUT2D eigenvalue weighted by molar-refractivity contribution is -0.137. The third-order valence-electron chi connectivity index (χ3n) is 6.99. The molecule has 0 aliphatic carbocycles. The molecule has 0 bridgehead atoms. The molecule has 0 radical (unpaired) electrons. The highest BCUT2D eigenvalue weighted by Crippen LogP contribution is 2.40. The molecule has 5 rings (SSSR count). The first-order chi connectivity index (χ1) is 16.5. The summed E-state index contributed by atoms with van der Waals surface area (Å²) in [4.78, 5) is 12.5. The number of aliphatic hydroxyl groups is 1. The van der Waals surface area contributed by atoms with Crippen LogP contribution in [0.25, 0.3) is 6.08 Å². The van der Waals surface area contributed by atoms with E-state index in [4.69, 9.17) is 9.57 Å². The predicted octanol–water partition coefficient (Wildman–Crippen LogP) is 3.25. The predicted molar refractivity (Wildman–Crippen MR) is 130 cm³/mol. The van der Waals surface area contributed by atoms with Gasteiger partial charge in [0.05, 0.1) is 12.8 Å². The first kappa shape index (κ1) is 22.7. The van der Waals surface area contributed by atoms with Gasteiger partial charge in [0.1, 0.15) is 18.2 Å². The average molecular weight is 467 g/mol. The van der Waals surface area contributed by atoms with Gasteiger partial charge < -0.3 is 29.4 Å². The van der Waals surface area contributed by atoms with Crippen molar-refractivity contribution in [2.45, 2.75) is 18.6 Å². The zero-order valence-corrected chi connectivity index (χ0v) is 19.7. The number of anilines is 1. The Morgan fingerprint density at radius 3 is 2.59 bits per heavy atom. The molecule has 0 aromatic heterocycles. The highest BCUT2D eigenvalue weighted by Gasteiger charge is 2.49. The molecule has 0 spiro atoms. The van der Waals surface area contributed by atoms with Crippen molar-refractivity contribution in [3.63, 3.8) is 0 Å². The summed E-state index contributed by atoms with van der Waals surface area (Å²) >= 11 is 0. The van der Waals surface area contributed by atoms with Crippen LogP contribution in [0.15, 0.2) is 53.2 Å². The minimum atomic E-state index is -1.13. The van der Waals surface area contributed by atoms with Crippen LogP contribution in [-0.4, -0.2) is 74.2 Å². The maximum absolute atomic E-state index is 13.5. The zero-order chi connectivity index (χ0) is 23.7. The molecule has 2 aromatic carbocycles. The number of fused-ring (bicyclic) bond motifs is 1. The van der Waals surface area contributed by atoms with Crippen LogP contribution >= 0.6 is 0 Å². The van der Waals surface area contributed by atoms with Crippen molar-refractivity contribution in [3.05, 3.63) is 65.0 Å². The molecule has 0 amide bonds. The van der Waals surface area contributed by atoms with E-state index in [9.17, 15) is 9.50 Å². The summed E-state index contributed by atoms with van der Waals surface area (Å²) in [6.45, 7) is 4.43. The Kier molecular flexibility index (Phi) is 6.18. The van der Waals surface area contributed by atoms with Crippen molar-refractivity contribution in [1.82, 2.24) is 9.80 Å². The SMILES string of the molecule is COc1cc(/C=C2\CCCN3C2=NOC3(CO)c2ccc(F)cc2)ccc1N1CCN(C)CC1. The molecule has 3 aliphatic heterocycles. The summed E-state index contributed by atoms with van der Waals surface area (Å²) in [5, 5.41) is 14.7. The Labute approximate surface area is 199 Å². The number of aliphatic hydroxyl groups excluding tert-OH is 1. The van der Waals surface area contributed by atoms with Crippen LogP contribution in [0, 0.1) is 5.82 Å². The van der Waals surface area contributed by atoms with Crippen LogP contribution in [0.3, 0.4) is 0 Å². The largest absolute Gasteiger partial charge is 0.495 e. The molecule has 3 aliphatic rings. The van der Waals surface area contributed by atoms with Crippen LogP contribution in [0.5, 0.6) is 5.75 Å². The van der Waals surface area contributed by atoms with E-state index in [0.717, 1.165) is 61.6 Å². The number of likely N-dealkylation sites (N-methyl/N-ethyl adjacent to an activating group) is 1. The minimum Gasteiger partial charge on any atom is -0.495 e. The Hall–Kier alpha value is -3.10. The van der Waals surface area contributed by atoms with Gasteiger partial charge in [0.25, 0.3) is 5.72 Å². The van der Waals surface area contributed by atoms with Gasteiger partial charge in [-0.05, 0) is 73.5 Å². The number of piperidine rings is 1. The summed E-state index contributed by atoms with van der Waals surface area (Å²) in [7, 11) is 3.86. The smallest absolute Gasteiger partial charge is 0.260 e. The number of oxime groups is 1. The molecule has 1 unspecified atom stereocenters. The molecule has 0 saturated carbocycles. The number of nitrogens with zero attached hydrogens (tertiary/aromatic N) is 4. The number of halogens is 1. The molecule has 3 heterocycles. The highest BCUT2D eigenvalue weighted by atomic mass is 19.1. The Morgan fingerprint density at radius 1 is 1.12 bits per heavy atom. The Balaban J connectivity index is 1.42. The van der Waals surface area contributed by atoms with E-state index in [1.807, 2.05) is 4.90 Å². The second kappa shape index (κ2) is 9.27. The topological polar surface area (TPSA) is 60.8 Å². The second-order valence-electron chi connectivity index (χ2n) is 9.10. The van der Waals surface area contributed by atoms with Crippen molar-refractivity contribution in [2.75, 3.05) is 58.4 Å². The van der Waals surface area contributed by atoms with Crippen LogP contribution < -0.4 is 9.64 Å². The summed E-state index contributed by atoms with van der Waals surface area (Å²) < 4.78 is 19.2. The standard InChI is InChI=1S/C26H31FN4O3/c1-29-12-14-30(15-13-29)23-10-5-19(17-24(23)33-2)16-20-4-3-11-31-25(20)28-34-26(31,18-32)21-6-8-22(27)9-7-21/h5-10,16-17,32H,3-4,11-15,18H2,1-2H3/b20-16+. The summed E-state index contributed by atoms with van der Waals surface area (Å²) in [5.74, 6) is 1.24. The number of piperazine rings is 1.